The van der Waals surface area contributed by atoms with E-state index >= 15 is 0 Å². The number of para-hydroxylation sites is 1. The summed E-state index contributed by atoms with van der Waals surface area (Å²) in [7, 11) is 1.64. The number of benzene rings is 1. The van der Waals surface area contributed by atoms with Crippen LogP contribution >= 0.6 is 0 Å². The average molecular weight is 263 g/mol. The molecule has 1 aromatic carbocycles. The largest absolute Gasteiger partial charge is 0.496 e. The van der Waals surface area contributed by atoms with Crippen LogP contribution in [0.25, 0.3) is 0 Å². The highest BCUT2D eigenvalue weighted by Gasteiger charge is 2.17. The molecule has 0 radical (unpaired) electrons. The van der Waals surface area contributed by atoms with E-state index in [-0.39, 0.29) is 6.10 Å². The lowest BCUT2D eigenvalue weighted by atomic mass is 10.1. The number of hydrogen-bond acceptors (Lipinski definition) is 4. The van der Waals surface area contributed by atoms with Gasteiger partial charge in [-0.3, -0.25) is 0 Å². The minimum Gasteiger partial charge on any atom is -0.496 e. The van der Waals surface area contributed by atoms with Crippen molar-refractivity contribution in [3.8, 4) is 5.75 Å². The van der Waals surface area contributed by atoms with E-state index in [1.807, 2.05) is 38.1 Å². The van der Waals surface area contributed by atoms with Crippen LogP contribution in [-0.2, 0) is 9.57 Å². The van der Waals surface area contributed by atoms with Gasteiger partial charge in [0.05, 0.1) is 19.4 Å². The predicted molar refractivity (Wildman–Crippen MR) is 76.6 cm³/mol. The Bertz CT molecular complexity index is 425. The molecule has 0 saturated heterocycles. The zero-order chi connectivity index (χ0) is 14.1. The van der Waals surface area contributed by atoms with Crippen molar-refractivity contribution < 1.29 is 14.3 Å². The Morgan fingerprint density at radius 1 is 1.37 bits per heavy atom. The molecule has 1 unspecified atom stereocenters. The highest BCUT2D eigenvalue weighted by molar-refractivity contribution is 5.78. The molecule has 0 aliphatic rings. The van der Waals surface area contributed by atoms with Crippen LogP contribution in [0.1, 0.15) is 25.5 Å². The lowest BCUT2D eigenvalue weighted by Gasteiger charge is -2.18. The Hall–Kier alpha value is -1.81. The Kier molecular flexibility index (Phi) is 6.68. The quantitative estimate of drug-likeness (QED) is 0.410. The predicted octanol–water partition coefficient (Wildman–Crippen LogP) is 3.35. The van der Waals surface area contributed by atoms with Gasteiger partial charge in [0, 0.05) is 5.56 Å². The first-order valence-electron chi connectivity index (χ1n) is 6.17. The smallest absolute Gasteiger partial charge is 0.147 e. The number of hydrogen-bond donors (Lipinski definition) is 0. The minimum atomic E-state index is -0.239. The van der Waals surface area contributed by atoms with Gasteiger partial charge in [-0.1, -0.05) is 29.4 Å². The second-order valence-electron chi connectivity index (χ2n) is 4.19. The summed E-state index contributed by atoms with van der Waals surface area (Å²) in [4.78, 5) is 5.28. The summed E-state index contributed by atoms with van der Waals surface area (Å²) >= 11 is 0. The fourth-order valence-electron chi connectivity index (χ4n) is 1.58. The molecule has 0 spiro atoms. The summed E-state index contributed by atoms with van der Waals surface area (Å²) in [5, 5.41) is 3.92. The maximum Gasteiger partial charge on any atom is 0.147 e. The zero-order valence-electron chi connectivity index (χ0n) is 11.8. The molecule has 0 amide bonds. The first-order valence-corrected chi connectivity index (χ1v) is 6.17. The van der Waals surface area contributed by atoms with Gasteiger partial charge < -0.3 is 14.3 Å². The van der Waals surface area contributed by atoms with Crippen LogP contribution in [0.3, 0.4) is 0 Å². The second-order valence-corrected chi connectivity index (χ2v) is 4.19. The summed E-state index contributed by atoms with van der Waals surface area (Å²) in [5.74, 6) is 0.775. The molecule has 104 valence electrons. The van der Waals surface area contributed by atoms with Crippen LogP contribution in [0.5, 0.6) is 5.75 Å². The SMILES string of the molecule is C=CCOC(CON=C(C)C)c1ccccc1OC. The Labute approximate surface area is 114 Å². The van der Waals surface area contributed by atoms with Crippen LogP contribution in [0.4, 0.5) is 0 Å². The molecule has 0 fully saturated rings. The Morgan fingerprint density at radius 3 is 2.74 bits per heavy atom. The maximum absolute atomic E-state index is 5.71. The monoisotopic (exact) mass is 263 g/mol. The van der Waals surface area contributed by atoms with Gasteiger partial charge in [-0.2, -0.15) is 0 Å². The molecular formula is C15H21NO3. The van der Waals surface area contributed by atoms with E-state index in [9.17, 15) is 0 Å². The highest BCUT2D eigenvalue weighted by atomic mass is 16.6. The van der Waals surface area contributed by atoms with Gasteiger partial charge in [-0.05, 0) is 19.9 Å². The minimum absolute atomic E-state index is 0.239. The lowest BCUT2D eigenvalue weighted by molar-refractivity contribution is -0.00647. The summed E-state index contributed by atoms with van der Waals surface area (Å²) < 4.78 is 11.0. The fourth-order valence-corrected chi connectivity index (χ4v) is 1.58. The first kappa shape index (κ1) is 15.2. The van der Waals surface area contributed by atoms with Crippen molar-refractivity contribution in [2.24, 2.45) is 5.16 Å². The maximum atomic E-state index is 5.71. The average Bonchev–Trinajstić information content (AvgIpc) is 2.42. The van der Waals surface area contributed by atoms with Crippen LogP contribution in [0, 0.1) is 0 Å². The third-order valence-electron chi connectivity index (χ3n) is 2.37. The van der Waals surface area contributed by atoms with E-state index in [1.54, 1.807) is 13.2 Å². The third kappa shape index (κ3) is 5.14. The highest BCUT2D eigenvalue weighted by Crippen LogP contribution is 2.27. The number of rotatable bonds is 8. The number of oxime groups is 1. The van der Waals surface area contributed by atoms with Gasteiger partial charge in [0.2, 0.25) is 0 Å². The van der Waals surface area contributed by atoms with Crippen LogP contribution < -0.4 is 4.74 Å². The summed E-state index contributed by atoms with van der Waals surface area (Å²) in [5.41, 5.74) is 1.80. The van der Waals surface area contributed by atoms with Gasteiger partial charge in [0.1, 0.15) is 18.5 Å². The molecule has 1 atom stereocenters. The lowest BCUT2D eigenvalue weighted by Crippen LogP contribution is -2.12. The molecule has 0 heterocycles. The number of methoxy groups -OCH3 is 1. The van der Waals surface area contributed by atoms with Crippen molar-refractivity contribution in [2.45, 2.75) is 20.0 Å². The van der Waals surface area contributed by atoms with E-state index in [2.05, 4.69) is 11.7 Å². The molecule has 0 aromatic heterocycles. The van der Waals surface area contributed by atoms with Gasteiger partial charge >= 0.3 is 0 Å². The molecule has 0 N–H and O–H groups in total. The molecule has 0 saturated carbocycles. The second kappa shape index (κ2) is 8.32. The van der Waals surface area contributed by atoms with Gasteiger partial charge in [0.15, 0.2) is 0 Å². The molecule has 0 bridgehead atoms. The van der Waals surface area contributed by atoms with E-state index in [1.165, 1.54) is 0 Å². The molecule has 1 aromatic rings. The summed E-state index contributed by atoms with van der Waals surface area (Å²) in [6.45, 7) is 8.19. The molecule has 19 heavy (non-hydrogen) atoms. The fraction of sp³-hybridized carbons (Fsp3) is 0.400. The third-order valence-corrected chi connectivity index (χ3v) is 2.37. The first-order chi connectivity index (χ1) is 9.19. The Balaban J connectivity index is 2.82. The van der Waals surface area contributed by atoms with Crippen molar-refractivity contribution >= 4 is 5.71 Å². The van der Waals surface area contributed by atoms with Crippen LogP contribution in [-0.4, -0.2) is 26.0 Å². The normalized spacial score (nSPS) is 11.5. The van der Waals surface area contributed by atoms with Gasteiger partial charge in [0.25, 0.3) is 0 Å². The topological polar surface area (TPSA) is 40.0 Å². The molecule has 0 aliphatic carbocycles. The van der Waals surface area contributed by atoms with Crippen molar-refractivity contribution in [1.82, 2.24) is 0 Å². The van der Waals surface area contributed by atoms with Crippen molar-refractivity contribution in [2.75, 3.05) is 20.3 Å². The van der Waals surface area contributed by atoms with Crippen molar-refractivity contribution in [1.29, 1.82) is 0 Å². The number of nitrogens with zero attached hydrogens (tertiary/aromatic N) is 1. The molecule has 1 rings (SSSR count). The molecule has 4 heteroatoms. The Morgan fingerprint density at radius 2 is 2.11 bits per heavy atom. The van der Waals surface area contributed by atoms with Crippen molar-refractivity contribution in [3.63, 3.8) is 0 Å². The van der Waals surface area contributed by atoms with E-state index in [0.29, 0.717) is 13.2 Å². The molecule has 0 aliphatic heterocycles. The molecule has 4 nitrogen and oxygen atoms in total. The van der Waals surface area contributed by atoms with Crippen molar-refractivity contribution in [3.05, 3.63) is 42.5 Å². The van der Waals surface area contributed by atoms with Gasteiger partial charge in [-0.15, -0.1) is 6.58 Å². The van der Waals surface area contributed by atoms with Gasteiger partial charge in [-0.25, -0.2) is 0 Å². The summed E-state index contributed by atoms with van der Waals surface area (Å²) in [6, 6.07) is 7.71. The standard InChI is InChI=1S/C15H21NO3/c1-5-10-18-15(11-19-16-12(2)3)13-8-6-7-9-14(13)17-4/h5-9,15H,1,10-11H2,2-4H3. The van der Waals surface area contributed by atoms with E-state index in [0.717, 1.165) is 17.0 Å². The van der Waals surface area contributed by atoms with Crippen LogP contribution in [0.2, 0.25) is 0 Å². The molecular weight excluding hydrogens is 242 g/mol. The zero-order valence-corrected chi connectivity index (χ0v) is 11.8. The van der Waals surface area contributed by atoms with Crippen LogP contribution in [0.15, 0.2) is 42.1 Å². The van der Waals surface area contributed by atoms with E-state index in [4.69, 9.17) is 14.3 Å². The van der Waals surface area contributed by atoms with E-state index < -0.39 is 0 Å². The number of ether oxygens (including phenoxy) is 2. The summed E-state index contributed by atoms with van der Waals surface area (Å²) in [6.07, 6.45) is 1.47.